The first-order valence-corrected chi connectivity index (χ1v) is 6.29. The van der Waals surface area contributed by atoms with E-state index in [1.807, 2.05) is 7.05 Å². The van der Waals surface area contributed by atoms with Crippen LogP contribution in [0.25, 0.3) is 0 Å². The summed E-state index contributed by atoms with van der Waals surface area (Å²) in [6.45, 7) is 1.21. The fraction of sp³-hybridized carbons (Fsp3) is 0.538. The Hall–Kier alpha value is -1.43. The van der Waals surface area contributed by atoms with Gasteiger partial charge in [-0.2, -0.15) is 13.2 Å². The predicted octanol–water partition coefficient (Wildman–Crippen LogP) is 2.79. The van der Waals surface area contributed by atoms with Gasteiger partial charge in [-0.05, 0) is 38.1 Å². The van der Waals surface area contributed by atoms with Crippen molar-refractivity contribution in [2.75, 3.05) is 31.2 Å². The van der Waals surface area contributed by atoms with Crippen molar-refractivity contribution in [3.63, 3.8) is 0 Å². The molecule has 1 aromatic rings. The van der Waals surface area contributed by atoms with Crippen LogP contribution in [0.2, 0.25) is 0 Å². The maximum absolute atomic E-state index is 12.8. The normalized spacial score (nSPS) is 15.8. The molecular weight excluding hydrogens is 255 g/mol. The summed E-state index contributed by atoms with van der Waals surface area (Å²) in [6, 6.07) is 4.43. The summed E-state index contributed by atoms with van der Waals surface area (Å²) in [5, 5.41) is 2.84. The van der Waals surface area contributed by atoms with Crippen LogP contribution in [0.15, 0.2) is 18.2 Å². The van der Waals surface area contributed by atoms with Gasteiger partial charge in [-0.1, -0.05) is 0 Å². The largest absolute Gasteiger partial charge is 0.418 e. The summed E-state index contributed by atoms with van der Waals surface area (Å²) < 4.78 is 38.5. The van der Waals surface area contributed by atoms with Crippen LogP contribution in [0, 0.1) is 0 Å². The number of hydrogen-bond donors (Lipinski definition) is 2. The highest BCUT2D eigenvalue weighted by molar-refractivity contribution is 5.59. The van der Waals surface area contributed by atoms with Gasteiger partial charge >= 0.3 is 6.18 Å². The van der Waals surface area contributed by atoms with Gasteiger partial charge in [0.2, 0.25) is 0 Å². The molecule has 0 saturated heterocycles. The van der Waals surface area contributed by atoms with Crippen LogP contribution in [0.1, 0.15) is 18.4 Å². The van der Waals surface area contributed by atoms with Crippen LogP contribution in [0.5, 0.6) is 0 Å². The summed E-state index contributed by atoms with van der Waals surface area (Å²) in [4.78, 5) is 2.16. The summed E-state index contributed by atoms with van der Waals surface area (Å²) in [7, 11) is 1.99. The topological polar surface area (TPSA) is 41.3 Å². The van der Waals surface area contributed by atoms with Crippen molar-refractivity contribution in [1.29, 1.82) is 0 Å². The molecule has 0 bridgehead atoms. The third kappa shape index (κ3) is 3.76. The van der Waals surface area contributed by atoms with E-state index in [1.54, 1.807) is 0 Å². The molecule has 0 amide bonds. The summed E-state index contributed by atoms with van der Waals surface area (Å²) in [5.41, 5.74) is 4.91. The van der Waals surface area contributed by atoms with Crippen LogP contribution < -0.4 is 11.1 Å². The van der Waals surface area contributed by atoms with E-state index in [0.29, 0.717) is 12.6 Å². The molecule has 0 aromatic heterocycles. The first-order valence-electron chi connectivity index (χ1n) is 6.29. The Bertz CT molecular complexity index is 441. The fourth-order valence-electron chi connectivity index (χ4n) is 2.02. The Kier molecular flexibility index (Phi) is 3.89. The van der Waals surface area contributed by atoms with Gasteiger partial charge in [-0.25, -0.2) is 0 Å². The van der Waals surface area contributed by atoms with Gasteiger partial charge in [0.05, 0.1) is 5.56 Å². The van der Waals surface area contributed by atoms with Gasteiger partial charge in [-0.15, -0.1) is 0 Å². The van der Waals surface area contributed by atoms with Gasteiger partial charge in [0.1, 0.15) is 0 Å². The molecule has 0 aliphatic heterocycles. The number of nitrogens with one attached hydrogen (secondary N) is 1. The Morgan fingerprint density at radius 3 is 2.63 bits per heavy atom. The minimum atomic E-state index is -4.39. The number of anilines is 2. The third-order valence-electron chi connectivity index (χ3n) is 3.30. The zero-order valence-electron chi connectivity index (χ0n) is 10.8. The highest BCUT2D eigenvalue weighted by atomic mass is 19.4. The quantitative estimate of drug-likeness (QED) is 0.811. The molecule has 6 heteroatoms. The van der Waals surface area contributed by atoms with Crippen molar-refractivity contribution in [3.8, 4) is 0 Å². The average Bonchev–Trinajstić information content (AvgIpc) is 3.13. The Balaban J connectivity index is 1.98. The van der Waals surface area contributed by atoms with Crippen molar-refractivity contribution in [3.05, 3.63) is 23.8 Å². The Morgan fingerprint density at radius 2 is 2.05 bits per heavy atom. The van der Waals surface area contributed by atoms with Crippen LogP contribution in [-0.2, 0) is 6.18 Å². The number of benzene rings is 1. The second-order valence-electron chi connectivity index (χ2n) is 4.94. The summed E-state index contributed by atoms with van der Waals surface area (Å²) in [5.74, 6) is 0. The first-order chi connectivity index (χ1) is 8.88. The molecule has 0 unspecified atom stereocenters. The van der Waals surface area contributed by atoms with Gasteiger partial charge in [0, 0.05) is 30.5 Å². The number of rotatable bonds is 5. The molecule has 3 nitrogen and oxygen atoms in total. The van der Waals surface area contributed by atoms with Crippen molar-refractivity contribution >= 4 is 11.4 Å². The zero-order valence-corrected chi connectivity index (χ0v) is 10.8. The van der Waals surface area contributed by atoms with Crippen molar-refractivity contribution < 1.29 is 13.2 Å². The van der Waals surface area contributed by atoms with E-state index < -0.39 is 11.7 Å². The van der Waals surface area contributed by atoms with E-state index in [2.05, 4.69) is 10.2 Å². The minimum absolute atomic E-state index is 0.0888. The summed E-state index contributed by atoms with van der Waals surface area (Å²) >= 11 is 0. The standard InChI is InChI=1S/C13H18F3N3/c1-19(10-3-4-10)7-6-18-12-5-2-9(17)8-11(12)13(14,15)16/h2,5,8,10,18H,3-4,6-7,17H2,1H3. The zero-order chi connectivity index (χ0) is 14.0. The Morgan fingerprint density at radius 1 is 1.37 bits per heavy atom. The summed E-state index contributed by atoms with van der Waals surface area (Å²) in [6.07, 6.45) is -2.02. The van der Waals surface area contributed by atoms with Crippen molar-refractivity contribution in [2.45, 2.75) is 25.1 Å². The third-order valence-corrected chi connectivity index (χ3v) is 3.30. The van der Waals surface area contributed by atoms with Crippen molar-refractivity contribution in [2.24, 2.45) is 0 Å². The van der Waals surface area contributed by atoms with Crippen LogP contribution in [0.4, 0.5) is 24.5 Å². The van der Waals surface area contributed by atoms with Gasteiger partial charge in [0.15, 0.2) is 0 Å². The Labute approximate surface area is 110 Å². The molecule has 2 rings (SSSR count). The SMILES string of the molecule is CN(CCNc1ccc(N)cc1C(F)(F)F)C1CC1. The highest BCUT2D eigenvalue weighted by Crippen LogP contribution is 2.36. The fourth-order valence-corrected chi connectivity index (χ4v) is 2.02. The number of alkyl halides is 3. The molecular formula is C13H18F3N3. The molecule has 106 valence electrons. The van der Waals surface area contributed by atoms with Crippen LogP contribution >= 0.6 is 0 Å². The number of nitrogens with zero attached hydrogens (tertiary/aromatic N) is 1. The average molecular weight is 273 g/mol. The van der Waals surface area contributed by atoms with Crippen molar-refractivity contribution in [1.82, 2.24) is 4.90 Å². The smallest absolute Gasteiger partial charge is 0.399 e. The molecule has 0 spiro atoms. The lowest BCUT2D eigenvalue weighted by molar-refractivity contribution is -0.136. The van der Waals surface area contributed by atoms with Gasteiger partial charge in [-0.3, -0.25) is 0 Å². The highest BCUT2D eigenvalue weighted by Gasteiger charge is 2.33. The van der Waals surface area contributed by atoms with E-state index >= 15 is 0 Å². The number of nitrogens with two attached hydrogens (primary N) is 1. The van der Waals surface area contributed by atoms with Gasteiger partial charge in [0.25, 0.3) is 0 Å². The minimum Gasteiger partial charge on any atom is -0.399 e. The molecule has 1 fully saturated rings. The van der Waals surface area contributed by atoms with Crippen LogP contribution in [0.3, 0.4) is 0 Å². The number of likely N-dealkylation sites (N-methyl/N-ethyl adjacent to an activating group) is 1. The number of hydrogen-bond acceptors (Lipinski definition) is 3. The van der Waals surface area contributed by atoms with Gasteiger partial charge < -0.3 is 16.0 Å². The lowest BCUT2D eigenvalue weighted by atomic mass is 10.1. The van der Waals surface area contributed by atoms with E-state index in [1.165, 1.54) is 25.0 Å². The first kappa shape index (κ1) is 14.0. The van der Waals surface area contributed by atoms with E-state index in [0.717, 1.165) is 12.6 Å². The van der Waals surface area contributed by atoms with E-state index in [4.69, 9.17) is 5.73 Å². The van der Waals surface area contributed by atoms with E-state index in [-0.39, 0.29) is 11.4 Å². The monoisotopic (exact) mass is 273 g/mol. The molecule has 1 aliphatic rings. The molecule has 1 aromatic carbocycles. The lowest BCUT2D eigenvalue weighted by Gasteiger charge is -2.18. The maximum atomic E-state index is 12.8. The molecule has 0 atom stereocenters. The lowest BCUT2D eigenvalue weighted by Crippen LogP contribution is -2.27. The molecule has 0 radical (unpaired) electrons. The number of nitrogen functional groups attached to an aromatic ring is 1. The molecule has 3 N–H and O–H groups in total. The van der Waals surface area contributed by atoms with E-state index in [9.17, 15) is 13.2 Å². The predicted molar refractivity (Wildman–Crippen MR) is 70.0 cm³/mol. The molecule has 0 heterocycles. The maximum Gasteiger partial charge on any atom is 0.418 e. The molecule has 1 aliphatic carbocycles. The van der Waals surface area contributed by atoms with Crippen LogP contribution in [-0.4, -0.2) is 31.1 Å². The number of halogens is 3. The second-order valence-corrected chi connectivity index (χ2v) is 4.94. The second kappa shape index (κ2) is 5.28. The molecule has 1 saturated carbocycles. The molecule has 19 heavy (non-hydrogen) atoms.